The Morgan fingerprint density at radius 1 is 1.12 bits per heavy atom. The fraction of sp³-hybridized carbons (Fsp3) is 0.105. The SMILES string of the molecule is CC(Sc1nc2c(cnn2-c2ccccc2)c(=O)[nH]1)c1ccc(Cl)cc1. The first-order valence-corrected chi connectivity index (χ1v) is 9.33. The van der Waals surface area contributed by atoms with Gasteiger partial charge in [-0.2, -0.15) is 5.10 Å². The lowest BCUT2D eigenvalue weighted by Crippen LogP contribution is -2.10. The number of halogens is 1. The number of hydrogen-bond acceptors (Lipinski definition) is 4. The van der Waals surface area contributed by atoms with Gasteiger partial charge >= 0.3 is 0 Å². The molecule has 0 aliphatic rings. The summed E-state index contributed by atoms with van der Waals surface area (Å²) in [5.74, 6) is 0. The molecule has 0 aliphatic heterocycles. The van der Waals surface area contributed by atoms with E-state index in [0.717, 1.165) is 11.3 Å². The molecule has 0 saturated heterocycles. The molecule has 0 fully saturated rings. The van der Waals surface area contributed by atoms with E-state index in [0.29, 0.717) is 21.2 Å². The van der Waals surface area contributed by atoms with Crippen molar-refractivity contribution in [3.63, 3.8) is 0 Å². The molecular formula is C19H15ClN4OS. The zero-order valence-electron chi connectivity index (χ0n) is 13.9. The Balaban J connectivity index is 1.72. The van der Waals surface area contributed by atoms with Crippen LogP contribution in [0.3, 0.4) is 0 Å². The van der Waals surface area contributed by atoms with Crippen molar-refractivity contribution in [2.75, 3.05) is 0 Å². The van der Waals surface area contributed by atoms with Crippen molar-refractivity contribution in [3.8, 4) is 5.69 Å². The van der Waals surface area contributed by atoms with Crippen LogP contribution in [0.1, 0.15) is 17.7 Å². The van der Waals surface area contributed by atoms with Crippen LogP contribution in [0.4, 0.5) is 0 Å². The number of fused-ring (bicyclic) bond motifs is 1. The van der Waals surface area contributed by atoms with Gasteiger partial charge in [0.2, 0.25) is 0 Å². The molecule has 4 aromatic rings. The highest BCUT2D eigenvalue weighted by Gasteiger charge is 2.14. The van der Waals surface area contributed by atoms with Gasteiger partial charge in [-0.05, 0) is 36.8 Å². The van der Waals surface area contributed by atoms with Crippen LogP contribution < -0.4 is 5.56 Å². The van der Waals surface area contributed by atoms with E-state index in [1.807, 2.05) is 54.6 Å². The van der Waals surface area contributed by atoms with E-state index in [1.165, 1.54) is 11.8 Å². The third kappa shape index (κ3) is 3.25. The summed E-state index contributed by atoms with van der Waals surface area (Å²) in [6.07, 6.45) is 1.55. The molecule has 0 bridgehead atoms. The van der Waals surface area contributed by atoms with E-state index >= 15 is 0 Å². The number of hydrogen-bond donors (Lipinski definition) is 1. The van der Waals surface area contributed by atoms with Crippen LogP contribution in [0.2, 0.25) is 5.02 Å². The van der Waals surface area contributed by atoms with Gasteiger partial charge in [-0.3, -0.25) is 4.79 Å². The number of H-pyrrole nitrogens is 1. The minimum atomic E-state index is -0.192. The van der Waals surface area contributed by atoms with Gasteiger partial charge in [0, 0.05) is 10.3 Å². The van der Waals surface area contributed by atoms with Crippen molar-refractivity contribution in [2.24, 2.45) is 0 Å². The molecule has 130 valence electrons. The molecule has 2 heterocycles. The summed E-state index contributed by atoms with van der Waals surface area (Å²) in [5, 5.41) is 6.16. The quantitative estimate of drug-likeness (QED) is 0.413. The first kappa shape index (κ1) is 16.9. The third-order valence-electron chi connectivity index (χ3n) is 4.04. The molecule has 1 N–H and O–H groups in total. The lowest BCUT2D eigenvalue weighted by Gasteiger charge is -2.11. The zero-order chi connectivity index (χ0) is 18.1. The maximum absolute atomic E-state index is 12.4. The van der Waals surface area contributed by atoms with Gasteiger partial charge in [-0.1, -0.05) is 53.7 Å². The molecule has 0 radical (unpaired) electrons. The molecule has 1 unspecified atom stereocenters. The number of para-hydroxylation sites is 1. The fourth-order valence-corrected chi connectivity index (χ4v) is 3.73. The second-order valence-electron chi connectivity index (χ2n) is 5.81. The van der Waals surface area contributed by atoms with Crippen LogP contribution >= 0.6 is 23.4 Å². The molecule has 26 heavy (non-hydrogen) atoms. The number of benzene rings is 2. The molecule has 0 saturated carbocycles. The Morgan fingerprint density at radius 3 is 2.58 bits per heavy atom. The molecule has 7 heteroatoms. The Bertz CT molecular complexity index is 1110. The normalized spacial score (nSPS) is 12.4. The van der Waals surface area contributed by atoms with E-state index in [-0.39, 0.29) is 10.8 Å². The highest BCUT2D eigenvalue weighted by atomic mass is 35.5. The molecule has 4 rings (SSSR count). The highest BCUT2D eigenvalue weighted by Crippen LogP contribution is 2.33. The molecular weight excluding hydrogens is 368 g/mol. The molecule has 0 spiro atoms. The number of rotatable bonds is 4. The van der Waals surface area contributed by atoms with Gasteiger partial charge < -0.3 is 4.98 Å². The summed E-state index contributed by atoms with van der Waals surface area (Å²) in [6, 6.07) is 17.3. The van der Waals surface area contributed by atoms with Crippen LogP contribution in [0.15, 0.2) is 70.7 Å². The highest BCUT2D eigenvalue weighted by molar-refractivity contribution is 7.99. The van der Waals surface area contributed by atoms with Crippen LogP contribution in [-0.2, 0) is 0 Å². The minimum Gasteiger partial charge on any atom is -0.301 e. The number of aromatic nitrogens is 4. The zero-order valence-corrected chi connectivity index (χ0v) is 15.5. The topological polar surface area (TPSA) is 63.6 Å². The number of aromatic amines is 1. The Labute approximate surface area is 159 Å². The van der Waals surface area contributed by atoms with E-state index in [2.05, 4.69) is 22.0 Å². The Kier molecular flexibility index (Phi) is 4.53. The lowest BCUT2D eigenvalue weighted by molar-refractivity contribution is 0.871. The number of nitrogens with one attached hydrogen (secondary N) is 1. The molecule has 5 nitrogen and oxygen atoms in total. The van der Waals surface area contributed by atoms with Crippen molar-refractivity contribution in [1.82, 2.24) is 19.7 Å². The summed E-state index contributed by atoms with van der Waals surface area (Å²) in [7, 11) is 0. The van der Waals surface area contributed by atoms with Crippen LogP contribution in [0, 0.1) is 0 Å². The van der Waals surface area contributed by atoms with Crippen molar-refractivity contribution in [1.29, 1.82) is 0 Å². The monoisotopic (exact) mass is 382 g/mol. The molecule has 0 amide bonds. The predicted octanol–water partition coefficient (Wildman–Crippen LogP) is 4.62. The summed E-state index contributed by atoms with van der Waals surface area (Å²) in [5.41, 5.74) is 2.33. The second kappa shape index (κ2) is 6.97. The van der Waals surface area contributed by atoms with E-state index in [4.69, 9.17) is 11.6 Å². The Morgan fingerprint density at radius 2 is 1.85 bits per heavy atom. The predicted molar refractivity (Wildman–Crippen MR) is 105 cm³/mol. The average Bonchev–Trinajstić information content (AvgIpc) is 3.07. The van der Waals surface area contributed by atoms with Crippen LogP contribution in [0.25, 0.3) is 16.7 Å². The van der Waals surface area contributed by atoms with Gasteiger partial charge in [0.15, 0.2) is 10.8 Å². The van der Waals surface area contributed by atoms with Crippen LogP contribution in [-0.4, -0.2) is 19.7 Å². The minimum absolute atomic E-state index is 0.112. The fourth-order valence-electron chi connectivity index (χ4n) is 2.68. The van der Waals surface area contributed by atoms with Gasteiger partial charge in [0.1, 0.15) is 5.39 Å². The standard InChI is InChI=1S/C19H15ClN4OS/c1-12(13-7-9-14(20)10-8-13)26-19-22-17-16(18(25)23-19)11-21-24(17)15-5-3-2-4-6-15/h2-12H,1H3,(H,22,23,25). The van der Waals surface area contributed by atoms with Gasteiger partial charge in [0.25, 0.3) is 5.56 Å². The summed E-state index contributed by atoms with van der Waals surface area (Å²) in [4.78, 5) is 19.9. The summed E-state index contributed by atoms with van der Waals surface area (Å²) in [6.45, 7) is 2.06. The first-order chi connectivity index (χ1) is 12.6. The largest absolute Gasteiger partial charge is 0.301 e. The molecule has 0 aliphatic carbocycles. The number of nitrogens with zero attached hydrogens (tertiary/aromatic N) is 3. The molecule has 2 aromatic heterocycles. The lowest BCUT2D eigenvalue weighted by atomic mass is 10.2. The maximum atomic E-state index is 12.4. The van der Waals surface area contributed by atoms with E-state index in [1.54, 1.807) is 10.9 Å². The van der Waals surface area contributed by atoms with E-state index in [9.17, 15) is 4.79 Å². The smallest absolute Gasteiger partial charge is 0.262 e. The van der Waals surface area contributed by atoms with Crippen molar-refractivity contribution >= 4 is 34.4 Å². The van der Waals surface area contributed by atoms with E-state index < -0.39 is 0 Å². The maximum Gasteiger partial charge on any atom is 0.262 e. The second-order valence-corrected chi connectivity index (χ2v) is 7.58. The molecule has 1 atom stereocenters. The average molecular weight is 383 g/mol. The van der Waals surface area contributed by atoms with Crippen molar-refractivity contribution in [2.45, 2.75) is 17.3 Å². The summed E-state index contributed by atoms with van der Waals surface area (Å²) < 4.78 is 1.68. The Hall–Kier alpha value is -2.57. The first-order valence-electron chi connectivity index (χ1n) is 8.07. The van der Waals surface area contributed by atoms with Gasteiger partial charge in [-0.25, -0.2) is 9.67 Å². The third-order valence-corrected chi connectivity index (χ3v) is 5.34. The van der Waals surface area contributed by atoms with Gasteiger partial charge in [-0.15, -0.1) is 0 Å². The number of thioether (sulfide) groups is 1. The van der Waals surface area contributed by atoms with Crippen molar-refractivity contribution in [3.05, 3.63) is 81.7 Å². The van der Waals surface area contributed by atoms with Crippen molar-refractivity contribution < 1.29 is 0 Å². The van der Waals surface area contributed by atoms with Gasteiger partial charge in [0.05, 0.1) is 11.9 Å². The van der Waals surface area contributed by atoms with Crippen LogP contribution in [0.5, 0.6) is 0 Å². The molecule has 2 aromatic carbocycles. The summed E-state index contributed by atoms with van der Waals surface area (Å²) >= 11 is 7.44.